The third kappa shape index (κ3) is 5.88. The van der Waals surface area contributed by atoms with Crippen molar-refractivity contribution in [3.05, 3.63) is 90.0 Å². The van der Waals surface area contributed by atoms with Crippen LogP contribution in [0.2, 0.25) is 0 Å². The summed E-state index contributed by atoms with van der Waals surface area (Å²) in [5.74, 6) is 1.40. The third-order valence-corrected chi connectivity index (χ3v) is 4.20. The fraction of sp³-hybridized carbons (Fsp3) is 0.208. The van der Waals surface area contributed by atoms with E-state index >= 15 is 0 Å². The van der Waals surface area contributed by atoms with Gasteiger partial charge in [0.25, 0.3) is 5.91 Å². The van der Waals surface area contributed by atoms with Gasteiger partial charge in [0, 0.05) is 17.7 Å². The molecule has 0 saturated heterocycles. The molecule has 3 rings (SSSR count). The van der Waals surface area contributed by atoms with Gasteiger partial charge in [0.2, 0.25) is 0 Å². The summed E-state index contributed by atoms with van der Waals surface area (Å²) < 4.78 is 11.3. The van der Waals surface area contributed by atoms with Crippen molar-refractivity contribution in [3.63, 3.8) is 0 Å². The summed E-state index contributed by atoms with van der Waals surface area (Å²) >= 11 is 0. The fourth-order valence-corrected chi connectivity index (χ4v) is 2.69. The Hall–Kier alpha value is -3.27. The lowest BCUT2D eigenvalue weighted by Gasteiger charge is -2.09. The third-order valence-electron chi connectivity index (χ3n) is 4.20. The molecule has 0 bridgehead atoms. The second-order valence-electron chi connectivity index (χ2n) is 6.44. The van der Waals surface area contributed by atoms with Crippen molar-refractivity contribution in [2.75, 3.05) is 18.5 Å². The van der Waals surface area contributed by atoms with Crippen molar-refractivity contribution in [2.45, 2.75) is 19.8 Å². The molecule has 0 aromatic heterocycles. The molecule has 0 saturated carbocycles. The largest absolute Gasteiger partial charge is 0.494 e. The standard InChI is InChI=1S/C24H25NO3/c1-2-17-27-23-14-10-21(11-15-23)25-24(26)20-8-12-22(13-9-20)28-18-16-19-6-4-3-5-7-19/h3-15H,2,16-18H2,1H3,(H,25,26). The van der Waals surface area contributed by atoms with E-state index in [2.05, 4.69) is 24.4 Å². The first-order chi connectivity index (χ1) is 13.7. The first-order valence-electron chi connectivity index (χ1n) is 9.55. The maximum atomic E-state index is 12.4. The Morgan fingerprint density at radius 2 is 1.39 bits per heavy atom. The lowest BCUT2D eigenvalue weighted by molar-refractivity contribution is 0.102. The number of amides is 1. The maximum Gasteiger partial charge on any atom is 0.255 e. The van der Waals surface area contributed by atoms with Gasteiger partial charge in [0.15, 0.2) is 0 Å². The normalized spacial score (nSPS) is 10.3. The molecule has 4 nitrogen and oxygen atoms in total. The number of anilines is 1. The molecular weight excluding hydrogens is 350 g/mol. The van der Waals surface area contributed by atoms with Crippen LogP contribution >= 0.6 is 0 Å². The summed E-state index contributed by atoms with van der Waals surface area (Å²) in [5, 5.41) is 2.89. The molecule has 0 unspecified atom stereocenters. The van der Waals surface area contributed by atoms with Gasteiger partial charge >= 0.3 is 0 Å². The van der Waals surface area contributed by atoms with E-state index in [0.717, 1.165) is 30.0 Å². The summed E-state index contributed by atoms with van der Waals surface area (Å²) in [7, 11) is 0. The number of carbonyl (C=O) groups is 1. The highest BCUT2D eigenvalue weighted by Gasteiger charge is 2.07. The Bertz CT molecular complexity index is 859. The van der Waals surface area contributed by atoms with Crippen LogP contribution in [0.25, 0.3) is 0 Å². The summed E-state index contributed by atoms with van der Waals surface area (Å²) in [6, 6.07) is 24.8. The Morgan fingerprint density at radius 1 is 0.786 bits per heavy atom. The van der Waals surface area contributed by atoms with Gasteiger partial charge in [0.1, 0.15) is 11.5 Å². The Morgan fingerprint density at radius 3 is 2.04 bits per heavy atom. The molecule has 3 aromatic carbocycles. The second-order valence-corrected chi connectivity index (χ2v) is 6.44. The predicted octanol–water partition coefficient (Wildman–Crippen LogP) is 5.35. The number of benzene rings is 3. The van der Waals surface area contributed by atoms with Gasteiger partial charge in [0.05, 0.1) is 13.2 Å². The molecule has 28 heavy (non-hydrogen) atoms. The lowest BCUT2D eigenvalue weighted by Crippen LogP contribution is -2.11. The Balaban J connectivity index is 1.49. The van der Waals surface area contributed by atoms with Gasteiger partial charge in [-0.05, 0) is 60.5 Å². The van der Waals surface area contributed by atoms with Crippen LogP contribution < -0.4 is 14.8 Å². The van der Waals surface area contributed by atoms with E-state index in [9.17, 15) is 4.79 Å². The molecule has 1 N–H and O–H groups in total. The average Bonchev–Trinajstić information content (AvgIpc) is 2.74. The van der Waals surface area contributed by atoms with Crippen LogP contribution in [-0.4, -0.2) is 19.1 Å². The van der Waals surface area contributed by atoms with Crippen molar-refractivity contribution in [2.24, 2.45) is 0 Å². The minimum Gasteiger partial charge on any atom is -0.494 e. The van der Waals surface area contributed by atoms with Crippen molar-refractivity contribution in [3.8, 4) is 11.5 Å². The Labute approximate surface area is 166 Å². The molecule has 0 fully saturated rings. The van der Waals surface area contributed by atoms with E-state index in [-0.39, 0.29) is 5.91 Å². The highest BCUT2D eigenvalue weighted by molar-refractivity contribution is 6.04. The Kier molecular flexibility index (Phi) is 7.08. The molecule has 0 spiro atoms. The zero-order chi connectivity index (χ0) is 19.6. The van der Waals surface area contributed by atoms with E-state index in [1.165, 1.54) is 5.56 Å². The topological polar surface area (TPSA) is 47.6 Å². The first-order valence-corrected chi connectivity index (χ1v) is 9.55. The minimum absolute atomic E-state index is 0.155. The van der Waals surface area contributed by atoms with Crippen LogP contribution in [0.4, 0.5) is 5.69 Å². The molecule has 144 valence electrons. The van der Waals surface area contributed by atoms with E-state index in [1.807, 2.05) is 54.6 Å². The number of rotatable bonds is 9. The quantitative estimate of drug-likeness (QED) is 0.548. The van der Waals surface area contributed by atoms with Crippen LogP contribution in [0.15, 0.2) is 78.9 Å². The minimum atomic E-state index is -0.155. The summed E-state index contributed by atoms with van der Waals surface area (Å²) in [5.41, 5.74) is 2.56. The SMILES string of the molecule is CCCOc1ccc(NC(=O)c2ccc(OCCc3ccccc3)cc2)cc1. The predicted molar refractivity (Wildman–Crippen MR) is 112 cm³/mol. The van der Waals surface area contributed by atoms with Crippen LogP contribution in [-0.2, 0) is 6.42 Å². The van der Waals surface area contributed by atoms with Gasteiger partial charge in [-0.1, -0.05) is 37.3 Å². The summed E-state index contributed by atoms with van der Waals surface area (Å²) in [6.45, 7) is 3.35. The molecule has 1 amide bonds. The first kappa shape index (κ1) is 19.5. The smallest absolute Gasteiger partial charge is 0.255 e. The highest BCUT2D eigenvalue weighted by Crippen LogP contribution is 2.18. The monoisotopic (exact) mass is 375 g/mol. The van der Waals surface area contributed by atoms with Crippen molar-refractivity contribution in [1.29, 1.82) is 0 Å². The maximum absolute atomic E-state index is 12.4. The second kappa shape index (κ2) is 10.2. The van der Waals surface area contributed by atoms with Crippen molar-refractivity contribution < 1.29 is 14.3 Å². The van der Waals surface area contributed by atoms with Gasteiger partial charge < -0.3 is 14.8 Å². The molecule has 0 atom stereocenters. The molecule has 3 aromatic rings. The summed E-state index contributed by atoms with van der Waals surface area (Å²) in [6.07, 6.45) is 1.81. The zero-order valence-corrected chi connectivity index (χ0v) is 16.1. The molecular formula is C24H25NO3. The number of nitrogens with one attached hydrogen (secondary N) is 1. The van der Waals surface area contributed by atoms with E-state index in [4.69, 9.17) is 9.47 Å². The number of hydrogen-bond acceptors (Lipinski definition) is 3. The highest BCUT2D eigenvalue weighted by atomic mass is 16.5. The average molecular weight is 375 g/mol. The lowest BCUT2D eigenvalue weighted by atomic mass is 10.2. The van der Waals surface area contributed by atoms with Crippen molar-refractivity contribution in [1.82, 2.24) is 0 Å². The number of ether oxygens (including phenoxy) is 2. The summed E-state index contributed by atoms with van der Waals surface area (Å²) in [4.78, 5) is 12.4. The molecule has 0 heterocycles. The van der Waals surface area contributed by atoms with Gasteiger partial charge in [-0.3, -0.25) is 4.79 Å². The molecule has 0 aliphatic carbocycles. The van der Waals surface area contributed by atoms with E-state index < -0.39 is 0 Å². The van der Waals surface area contributed by atoms with E-state index in [1.54, 1.807) is 12.1 Å². The van der Waals surface area contributed by atoms with Crippen LogP contribution in [0.3, 0.4) is 0 Å². The molecule has 4 heteroatoms. The molecule has 0 aliphatic rings. The fourth-order valence-electron chi connectivity index (χ4n) is 2.69. The van der Waals surface area contributed by atoms with E-state index in [0.29, 0.717) is 18.8 Å². The molecule has 0 aliphatic heterocycles. The van der Waals surface area contributed by atoms with Gasteiger partial charge in [-0.15, -0.1) is 0 Å². The van der Waals surface area contributed by atoms with Gasteiger partial charge in [-0.25, -0.2) is 0 Å². The van der Waals surface area contributed by atoms with Crippen LogP contribution in [0.1, 0.15) is 29.3 Å². The number of carbonyl (C=O) groups excluding carboxylic acids is 1. The van der Waals surface area contributed by atoms with Crippen molar-refractivity contribution >= 4 is 11.6 Å². The zero-order valence-electron chi connectivity index (χ0n) is 16.1. The molecule has 0 radical (unpaired) electrons. The number of hydrogen-bond donors (Lipinski definition) is 1. The van der Waals surface area contributed by atoms with Gasteiger partial charge in [-0.2, -0.15) is 0 Å². The van der Waals surface area contributed by atoms with Crippen LogP contribution in [0.5, 0.6) is 11.5 Å². The van der Waals surface area contributed by atoms with Crippen LogP contribution in [0, 0.1) is 0 Å².